The summed E-state index contributed by atoms with van der Waals surface area (Å²) in [5.41, 5.74) is 0. The summed E-state index contributed by atoms with van der Waals surface area (Å²) in [4.78, 5) is 24.8. The smallest absolute Gasteiger partial charge is 0.665 e. The topological polar surface area (TPSA) is 112 Å². The zero-order valence-corrected chi connectivity index (χ0v) is 8.56. The summed E-state index contributed by atoms with van der Waals surface area (Å²) in [5, 5.41) is 20.4. The third kappa shape index (κ3) is 2270. The van der Waals surface area contributed by atoms with Gasteiger partial charge in [-0.1, -0.05) is 12.9 Å². The van der Waals surface area contributed by atoms with Crippen molar-refractivity contribution in [2.45, 2.75) is 0 Å². The minimum Gasteiger partial charge on any atom is -0.665 e. The maximum Gasteiger partial charge on any atom is 3.00 e. The van der Waals surface area contributed by atoms with Gasteiger partial charge in [-0.2, -0.15) is 0 Å². The van der Waals surface area contributed by atoms with E-state index in [1.54, 1.807) is 0 Å². The van der Waals surface area contributed by atoms with Crippen LogP contribution < -0.4 is 0 Å². The van der Waals surface area contributed by atoms with E-state index in [-0.39, 0.29) is 46.6 Å². The van der Waals surface area contributed by atoms with Crippen molar-refractivity contribution in [2.24, 2.45) is 0 Å². The van der Waals surface area contributed by atoms with Gasteiger partial charge in [-0.05, 0) is 0 Å². The number of aliphatic hydroxyl groups excluding tert-OH is 2. The van der Waals surface area contributed by atoms with E-state index in [1.165, 1.54) is 0 Å². The van der Waals surface area contributed by atoms with E-state index in [9.17, 15) is 0 Å². The molecule has 0 saturated heterocycles. The summed E-state index contributed by atoms with van der Waals surface area (Å²) in [6.07, 6.45) is 0. The molecule has 11 heavy (non-hydrogen) atoms. The fourth-order valence-electron chi connectivity index (χ4n) is 0. The number of carboxylic acid groups (broad SMARTS) is 1. The van der Waals surface area contributed by atoms with Crippen LogP contribution in [0.15, 0.2) is 0 Å². The Bertz CT molecular complexity index is 51.3. The first-order chi connectivity index (χ1) is 4.24. The van der Waals surface area contributed by atoms with Gasteiger partial charge in [0.05, 0.1) is 0 Å². The van der Waals surface area contributed by atoms with Gasteiger partial charge in [-0.15, -0.1) is 0 Å². The van der Waals surface area contributed by atoms with Crippen LogP contribution in [-0.2, 0) is 47.1 Å². The molecule has 0 spiro atoms. The van der Waals surface area contributed by atoms with E-state index in [0.29, 0.717) is 12.9 Å². The minimum atomic E-state index is -0.250. The predicted molar refractivity (Wildman–Crippen MR) is 31.8 cm³/mol. The molecule has 0 fully saturated rings. The Kier molecular flexibility index (Phi) is 311. The molecular weight excluding hydrogens is 233 g/mol. The molecule has 0 bridgehead atoms. The molecule has 0 saturated carbocycles. The molecule has 0 aliphatic rings. The first-order valence-corrected chi connectivity index (χ1v) is 1.35. The number of hydrogen-bond donors (Lipinski definition) is 3. The molecule has 0 amide bonds. The van der Waals surface area contributed by atoms with Crippen LogP contribution in [-0.4, -0.2) is 34.7 Å². The van der Waals surface area contributed by atoms with Crippen LogP contribution >= 0.6 is 0 Å². The summed E-state index contributed by atoms with van der Waals surface area (Å²) in [6.45, 7) is 0.750. The second-order valence-corrected chi connectivity index (χ2v) is 0.288. The van der Waals surface area contributed by atoms with E-state index >= 15 is 0 Å². The SMILES string of the molecule is O=CO.O=[C-]O.O=[C-]O.[CH3-].[Y+3]. The van der Waals surface area contributed by atoms with Gasteiger partial charge >= 0.3 is 32.7 Å². The fraction of sp³-hybridized carbons (Fsp3) is 0. The van der Waals surface area contributed by atoms with E-state index < -0.39 is 0 Å². The third-order valence-corrected chi connectivity index (χ3v) is 0. The number of rotatable bonds is 0. The molecule has 0 radical (unpaired) electrons. The van der Waals surface area contributed by atoms with Gasteiger partial charge in [0.2, 0.25) is 0 Å². The molecule has 3 N–H and O–H groups in total. The first kappa shape index (κ1) is 31.3. The summed E-state index contributed by atoms with van der Waals surface area (Å²) >= 11 is 0. The zero-order chi connectivity index (χ0) is 8.12. The number of carbonyl (C=O) groups is 1. The molecule has 62 valence electrons. The second-order valence-electron chi connectivity index (χ2n) is 0.288. The van der Waals surface area contributed by atoms with Crippen LogP contribution in [0.2, 0.25) is 0 Å². The van der Waals surface area contributed by atoms with E-state index in [0.717, 1.165) is 0 Å². The van der Waals surface area contributed by atoms with Crippen LogP contribution in [0.3, 0.4) is 0 Å². The Hall–Kier alpha value is -0.486. The van der Waals surface area contributed by atoms with Gasteiger partial charge < -0.3 is 32.3 Å². The molecule has 0 aliphatic carbocycles. The summed E-state index contributed by atoms with van der Waals surface area (Å²) in [7, 11) is 0. The summed E-state index contributed by atoms with van der Waals surface area (Å²) < 4.78 is 0. The van der Waals surface area contributed by atoms with Crippen molar-refractivity contribution in [1.29, 1.82) is 0 Å². The zero-order valence-electron chi connectivity index (χ0n) is 5.72. The van der Waals surface area contributed by atoms with Crippen molar-refractivity contribution in [3.05, 3.63) is 7.43 Å². The molecule has 0 unspecified atom stereocenters. The van der Waals surface area contributed by atoms with Gasteiger partial charge in [0, 0.05) is 0 Å². The first-order valence-electron chi connectivity index (χ1n) is 1.35. The van der Waals surface area contributed by atoms with Crippen LogP contribution in [0.25, 0.3) is 0 Å². The maximum atomic E-state index is 8.36. The molecule has 0 aromatic rings. The predicted octanol–water partition coefficient (Wildman–Crippen LogP) is -0.628. The van der Waals surface area contributed by atoms with Crippen molar-refractivity contribution >= 4 is 19.4 Å². The van der Waals surface area contributed by atoms with Crippen molar-refractivity contribution in [3.8, 4) is 0 Å². The normalized spacial score (nSPS) is 3.27. The Balaban J connectivity index is -0.0000000150. The van der Waals surface area contributed by atoms with Gasteiger partial charge in [0.15, 0.2) is 0 Å². The molecule has 7 heteroatoms. The molecule has 0 aliphatic heterocycles. The number of hydrogen-bond acceptors (Lipinski definition) is 3. The molecular formula is C4H7O6Y. The molecule has 0 rings (SSSR count). The molecule has 0 aromatic carbocycles. The van der Waals surface area contributed by atoms with E-state index in [4.69, 9.17) is 29.7 Å². The van der Waals surface area contributed by atoms with Crippen molar-refractivity contribution in [2.75, 3.05) is 0 Å². The van der Waals surface area contributed by atoms with Crippen molar-refractivity contribution < 1.29 is 62.4 Å². The van der Waals surface area contributed by atoms with Crippen molar-refractivity contribution in [1.82, 2.24) is 0 Å². The maximum absolute atomic E-state index is 8.36. The second kappa shape index (κ2) is 109. The molecule has 0 aromatic heterocycles. The average Bonchev–Trinajstić information content (AvgIpc) is 1.70. The Morgan fingerprint density at radius 3 is 1.09 bits per heavy atom. The Morgan fingerprint density at radius 2 is 1.09 bits per heavy atom. The standard InChI is InChI=1S/CH2O2.2CHO2.CH3.Y/c3*2-1-3;;/h1H,(H,2,3);2*(H,2,3);1H3;/q;3*-1;+3. The Labute approximate surface area is 89.1 Å². The van der Waals surface area contributed by atoms with Crippen LogP contribution in [0, 0.1) is 7.43 Å². The third-order valence-electron chi connectivity index (χ3n) is 0. The van der Waals surface area contributed by atoms with Crippen LogP contribution in [0.4, 0.5) is 0 Å². The molecule has 0 atom stereocenters. The van der Waals surface area contributed by atoms with E-state index in [2.05, 4.69) is 0 Å². The van der Waals surface area contributed by atoms with Crippen molar-refractivity contribution in [3.63, 3.8) is 0 Å². The molecule has 0 heterocycles. The average molecular weight is 240 g/mol. The molecule has 6 nitrogen and oxygen atoms in total. The van der Waals surface area contributed by atoms with Gasteiger partial charge in [0.25, 0.3) is 6.47 Å². The fourth-order valence-corrected chi connectivity index (χ4v) is 0. The largest absolute Gasteiger partial charge is 3.00 e. The monoisotopic (exact) mass is 240 g/mol. The van der Waals surface area contributed by atoms with Crippen LogP contribution in [0.1, 0.15) is 0 Å². The van der Waals surface area contributed by atoms with Gasteiger partial charge in [-0.25, -0.2) is 0 Å². The summed E-state index contributed by atoms with van der Waals surface area (Å²) in [6, 6.07) is 0. The van der Waals surface area contributed by atoms with Gasteiger partial charge in [0.1, 0.15) is 0 Å². The quantitative estimate of drug-likeness (QED) is 0.384. The van der Waals surface area contributed by atoms with Crippen LogP contribution in [0.5, 0.6) is 0 Å². The minimum absolute atomic E-state index is 0. The Morgan fingerprint density at radius 1 is 1.09 bits per heavy atom. The van der Waals surface area contributed by atoms with Gasteiger partial charge in [-0.3, -0.25) is 4.79 Å². The summed E-state index contributed by atoms with van der Waals surface area (Å²) in [5.74, 6) is 0. The van der Waals surface area contributed by atoms with E-state index in [1.807, 2.05) is 0 Å².